The van der Waals surface area contributed by atoms with Gasteiger partial charge in [-0.15, -0.1) is 0 Å². The Hall–Kier alpha value is -3.32. The Morgan fingerprint density at radius 3 is 2.61 bits per heavy atom. The summed E-state index contributed by atoms with van der Waals surface area (Å²) < 4.78 is 15.6. The Bertz CT molecular complexity index is 1250. The molecule has 9 heteroatoms. The van der Waals surface area contributed by atoms with Gasteiger partial charge in [0.05, 0.1) is 17.3 Å². The van der Waals surface area contributed by atoms with Crippen molar-refractivity contribution < 1.29 is 14.6 Å². The standard InChI is InChI=1S/C24H25FN6O2/c1-15-18(5-3-16(11-26)21(15)25)19-13-28-31(23(19)33)20-6-4-17(12-27-20)22(32)30-10-9-29(2)24(14-30)7-8-24/h3-6,12-13,22,32-33H,7-10,14H2,1-2H3. The predicted octanol–water partition coefficient (Wildman–Crippen LogP) is 2.73. The molecule has 170 valence electrons. The smallest absolute Gasteiger partial charge is 0.223 e. The van der Waals surface area contributed by atoms with Gasteiger partial charge in [0.15, 0.2) is 5.82 Å². The minimum atomic E-state index is -0.747. The number of hydrogen-bond acceptors (Lipinski definition) is 7. The molecule has 33 heavy (non-hydrogen) atoms. The maximum Gasteiger partial charge on any atom is 0.223 e. The van der Waals surface area contributed by atoms with E-state index >= 15 is 0 Å². The molecule has 1 aliphatic heterocycles. The topological polar surface area (TPSA) is 101 Å². The van der Waals surface area contributed by atoms with Crippen LogP contribution in [0, 0.1) is 24.1 Å². The molecule has 1 atom stereocenters. The van der Waals surface area contributed by atoms with Crippen molar-refractivity contribution in [2.75, 3.05) is 26.7 Å². The molecule has 0 radical (unpaired) electrons. The summed E-state index contributed by atoms with van der Waals surface area (Å²) in [6.07, 6.45) is 4.60. The van der Waals surface area contributed by atoms with Crippen LogP contribution in [0.1, 0.15) is 35.8 Å². The van der Waals surface area contributed by atoms with Crippen molar-refractivity contribution in [2.24, 2.45) is 0 Å². The molecule has 5 rings (SSSR count). The van der Waals surface area contributed by atoms with Crippen molar-refractivity contribution in [3.63, 3.8) is 0 Å². The summed E-state index contributed by atoms with van der Waals surface area (Å²) in [5.41, 5.74) is 1.88. The first kappa shape index (κ1) is 21.5. The number of rotatable bonds is 4. The van der Waals surface area contributed by atoms with Gasteiger partial charge < -0.3 is 10.2 Å². The Labute approximate surface area is 191 Å². The van der Waals surface area contributed by atoms with E-state index in [0.29, 0.717) is 22.5 Å². The summed E-state index contributed by atoms with van der Waals surface area (Å²) >= 11 is 0. The van der Waals surface area contributed by atoms with Crippen LogP contribution in [-0.2, 0) is 0 Å². The van der Waals surface area contributed by atoms with Gasteiger partial charge in [0, 0.05) is 36.9 Å². The van der Waals surface area contributed by atoms with Gasteiger partial charge in [-0.1, -0.05) is 6.07 Å². The van der Waals surface area contributed by atoms with Gasteiger partial charge in [0.1, 0.15) is 18.1 Å². The molecular weight excluding hydrogens is 423 g/mol. The molecule has 0 amide bonds. The van der Waals surface area contributed by atoms with E-state index in [1.54, 1.807) is 31.3 Å². The fourth-order valence-corrected chi connectivity index (χ4v) is 4.64. The number of aliphatic hydroxyl groups is 1. The highest BCUT2D eigenvalue weighted by atomic mass is 19.1. The minimum absolute atomic E-state index is 0.0492. The number of halogens is 1. The molecule has 1 spiro atoms. The normalized spacial score (nSPS) is 18.9. The molecule has 2 aliphatic rings. The van der Waals surface area contributed by atoms with Crippen LogP contribution in [0.25, 0.3) is 16.9 Å². The third kappa shape index (κ3) is 3.56. The Morgan fingerprint density at radius 1 is 1.15 bits per heavy atom. The third-order valence-corrected chi connectivity index (χ3v) is 7.03. The summed E-state index contributed by atoms with van der Waals surface area (Å²) in [6, 6.07) is 8.25. The first-order chi connectivity index (χ1) is 15.8. The fourth-order valence-electron chi connectivity index (χ4n) is 4.64. The fraction of sp³-hybridized carbons (Fsp3) is 0.375. The second-order valence-electron chi connectivity index (χ2n) is 8.94. The molecule has 2 aromatic heterocycles. The van der Waals surface area contributed by atoms with Gasteiger partial charge in [-0.3, -0.25) is 9.80 Å². The molecule has 0 bridgehead atoms. The molecule has 1 aromatic carbocycles. The van der Waals surface area contributed by atoms with Crippen LogP contribution in [-0.4, -0.2) is 67.0 Å². The first-order valence-electron chi connectivity index (χ1n) is 10.9. The molecular formula is C24H25FN6O2. The molecule has 2 fully saturated rings. The Morgan fingerprint density at radius 2 is 1.94 bits per heavy atom. The SMILES string of the molecule is Cc1c(-c2cnn(-c3ccc(C(O)N4CCN(C)C5(CC5)C4)cn3)c2O)ccc(C#N)c1F. The van der Waals surface area contributed by atoms with Gasteiger partial charge in [0.2, 0.25) is 5.88 Å². The number of aliphatic hydroxyl groups excluding tert-OH is 1. The molecule has 1 unspecified atom stereocenters. The lowest BCUT2D eigenvalue weighted by Gasteiger charge is -2.42. The number of nitrogens with zero attached hydrogens (tertiary/aromatic N) is 6. The Balaban J connectivity index is 1.38. The van der Waals surface area contributed by atoms with Gasteiger partial charge in [-0.05, 0) is 56.1 Å². The highest BCUT2D eigenvalue weighted by Gasteiger charge is 2.50. The van der Waals surface area contributed by atoms with E-state index < -0.39 is 12.0 Å². The molecule has 3 heterocycles. The highest BCUT2D eigenvalue weighted by Crippen LogP contribution is 2.44. The van der Waals surface area contributed by atoms with Crippen LogP contribution in [0.4, 0.5) is 4.39 Å². The average Bonchev–Trinajstić information content (AvgIpc) is 3.50. The van der Waals surface area contributed by atoms with Crippen molar-refractivity contribution in [1.29, 1.82) is 5.26 Å². The summed E-state index contributed by atoms with van der Waals surface area (Å²) in [7, 11) is 2.14. The van der Waals surface area contributed by atoms with E-state index in [4.69, 9.17) is 5.26 Å². The summed E-state index contributed by atoms with van der Waals surface area (Å²) in [6.45, 7) is 4.09. The van der Waals surface area contributed by atoms with E-state index in [1.807, 2.05) is 6.07 Å². The summed E-state index contributed by atoms with van der Waals surface area (Å²) in [4.78, 5) is 8.86. The maximum atomic E-state index is 14.4. The number of benzene rings is 1. The van der Waals surface area contributed by atoms with E-state index in [-0.39, 0.29) is 22.5 Å². The molecule has 1 saturated carbocycles. The van der Waals surface area contributed by atoms with Crippen LogP contribution < -0.4 is 0 Å². The van der Waals surface area contributed by atoms with Crippen molar-refractivity contribution in [2.45, 2.75) is 31.5 Å². The zero-order chi connectivity index (χ0) is 23.3. The summed E-state index contributed by atoms with van der Waals surface area (Å²) in [5.74, 6) is -0.424. The highest BCUT2D eigenvalue weighted by molar-refractivity contribution is 5.72. The van der Waals surface area contributed by atoms with Crippen LogP contribution in [0.15, 0.2) is 36.7 Å². The van der Waals surface area contributed by atoms with Crippen LogP contribution in [0.2, 0.25) is 0 Å². The average molecular weight is 449 g/mol. The number of hydrogen-bond donors (Lipinski definition) is 2. The zero-order valence-corrected chi connectivity index (χ0v) is 18.5. The molecule has 2 N–H and O–H groups in total. The molecule has 1 aliphatic carbocycles. The number of nitriles is 1. The van der Waals surface area contributed by atoms with Crippen LogP contribution >= 0.6 is 0 Å². The van der Waals surface area contributed by atoms with E-state index in [0.717, 1.165) is 32.5 Å². The quantitative estimate of drug-likeness (QED) is 0.633. The molecule has 3 aromatic rings. The van der Waals surface area contributed by atoms with Gasteiger partial charge in [-0.2, -0.15) is 15.0 Å². The number of pyridine rings is 1. The van der Waals surface area contributed by atoms with Gasteiger partial charge >= 0.3 is 0 Å². The first-order valence-corrected chi connectivity index (χ1v) is 10.9. The second-order valence-corrected chi connectivity index (χ2v) is 8.94. The number of piperazine rings is 1. The van der Waals surface area contributed by atoms with Gasteiger partial charge in [0.25, 0.3) is 0 Å². The van der Waals surface area contributed by atoms with Gasteiger partial charge in [-0.25, -0.2) is 9.37 Å². The minimum Gasteiger partial charge on any atom is -0.493 e. The van der Waals surface area contributed by atoms with Crippen molar-refractivity contribution >= 4 is 0 Å². The van der Waals surface area contributed by atoms with Crippen molar-refractivity contribution in [3.8, 4) is 28.9 Å². The van der Waals surface area contributed by atoms with Crippen molar-refractivity contribution in [3.05, 3.63) is 59.2 Å². The third-order valence-electron chi connectivity index (χ3n) is 7.03. The van der Waals surface area contributed by atoms with Crippen molar-refractivity contribution in [1.82, 2.24) is 24.6 Å². The number of aromatic hydroxyl groups is 1. The van der Waals surface area contributed by atoms with Crippen LogP contribution in [0.3, 0.4) is 0 Å². The monoisotopic (exact) mass is 448 g/mol. The molecule has 8 nitrogen and oxygen atoms in total. The van der Waals surface area contributed by atoms with E-state index in [9.17, 15) is 14.6 Å². The van der Waals surface area contributed by atoms with E-state index in [2.05, 4.69) is 26.9 Å². The second kappa shape index (κ2) is 7.92. The van der Waals surface area contributed by atoms with E-state index in [1.165, 1.54) is 16.9 Å². The number of aromatic nitrogens is 3. The number of likely N-dealkylation sites (N-methyl/N-ethyl adjacent to an activating group) is 1. The predicted molar refractivity (Wildman–Crippen MR) is 119 cm³/mol. The lowest BCUT2D eigenvalue weighted by molar-refractivity contribution is -0.0478. The Kier molecular flexibility index (Phi) is 5.16. The lowest BCUT2D eigenvalue weighted by atomic mass is 10.00. The summed E-state index contributed by atoms with van der Waals surface area (Å²) in [5, 5.41) is 34.9. The largest absolute Gasteiger partial charge is 0.493 e. The zero-order valence-electron chi connectivity index (χ0n) is 18.5. The van der Waals surface area contributed by atoms with Crippen LogP contribution in [0.5, 0.6) is 5.88 Å². The molecule has 1 saturated heterocycles. The maximum absolute atomic E-state index is 14.4. The lowest BCUT2D eigenvalue weighted by Crippen LogP contribution is -2.54.